The SMILES string of the molecule is N#Cc1c(N)[nH+]c2c(c1-c1ccccc1Br)CCCC2. The Morgan fingerprint density at radius 1 is 1.20 bits per heavy atom. The van der Waals surface area contributed by atoms with Gasteiger partial charge in [0.25, 0.3) is 5.82 Å². The van der Waals surface area contributed by atoms with E-state index < -0.39 is 0 Å². The van der Waals surface area contributed by atoms with E-state index in [2.05, 4.69) is 27.0 Å². The average Bonchev–Trinajstić information content (AvgIpc) is 2.46. The number of nitrogens with one attached hydrogen (secondary N) is 1. The Labute approximate surface area is 126 Å². The minimum absolute atomic E-state index is 0.471. The number of halogens is 1. The highest BCUT2D eigenvalue weighted by atomic mass is 79.9. The number of fused-ring (bicyclic) bond motifs is 1. The molecule has 0 radical (unpaired) electrons. The highest BCUT2D eigenvalue weighted by molar-refractivity contribution is 9.10. The smallest absolute Gasteiger partial charge is 0.286 e. The summed E-state index contributed by atoms with van der Waals surface area (Å²) >= 11 is 3.59. The van der Waals surface area contributed by atoms with E-state index in [9.17, 15) is 5.26 Å². The van der Waals surface area contributed by atoms with Crippen LogP contribution in [-0.2, 0) is 12.8 Å². The molecule has 3 rings (SSSR count). The summed E-state index contributed by atoms with van der Waals surface area (Å²) in [6.45, 7) is 0. The van der Waals surface area contributed by atoms with Gasteiger partial charge in [-0.2, -0.15) is 5.26 Å². The van der Waals surface area contributed by atoms with Gasteiger partial charge in [0.15, 0.2) is 0 Å². The van der Waals surface area contributed by atoms with Crippen molar-refractivity contribution in [2.75, 3.05) is 5.73 Å². The first-order valence-electron chi connectivity index (χ1n) is 6.74. The van der Waals surface area contributed by atoms with Crippen molar-refractivity contribution in [3.8, 4) is 17.2 Å². The monoisotopic (exact) mass is 328 g/mol. The number of nitrogen functional groups attached to an aromatic ring is 1. The average molecular weight is 329 g/mol. The predicted molar refractivity (Wildman–Crippen MR) is 81.9 cm³/mol. The van der Waals surface area contributed by atoms with Gasteiger partial charge in [-0.05, 0) is 30.9 Å². The molecule has 0 saturated heterocycles. The number of anilines is 1. The minimum Gasteiger partial charge on any atom is -0.286 e. The summed E-state index contributed by atoms with van der Waals surface area (Å²) < 4.78 is 0.995. The Hall–Kier alpha value is -1.86. The summed E-state index contributed by atoms with van der Waals surface area (Å²) in [5.74, 6) is 0.471. The first-order chi connectivity index (χ1) is 9.72. The summed E-state index contributed by atoms with van der Waals surface area (Å²) in [5, 5.41) is 9.49. The Morgan fingerprint density at radius 3 is 2.70 bits per heavy atom. The molecule has 1 aliphatic carbocycles. The van der Waals surface area contributed by atoms with Gasteiger partial charge in [-0.1, -0.05) is 34.1 Å². The highest BCUT2D eigenvalue weighted by Gasteiger charge is 2.25. The maximum absolute atomic E-state index is 9.49. The molecule has 0 spiro atoms. The molecule has 1 aromatic carbocycles. The number of nitrogens with two attached hydrogens (primary N) is 1. The number of hydrogen-bond acceptors (Lipinski definition) is 2. The lowest BCUT2D eigenvalue weighted by Crippen LogP contribution is -2.24. The number of nitriles is 1. The van der Waals surface area contributed by atoms with Crippen molar-refractivity contribution >= 4 is 21.7 Å². The lowest BCUT2D eigenvalue weighted by molar-refractivity contribution is -0.374. The van der Waals surface area contributed by atoms with Crippen molar-refractivity contribution in [1.29, 1.82) is 5.26 Å². The zero-order valence-electron chi connectivity index (χ0n) is 11.0. The van der Waals surface area contributed by atoms with E-state index in [0.717, 1.165) is 34.9 Å². The topological polar surface area (TPSA) is 64.0 Å². The summed E-state index contributed by atoms with van der Waals surface area (Å²) in [4.78, 5) is 3.22. The summed E-state index contributed by atoms with van der Waals surface area (Å²) in [6, 6.07) is 10.3. The van der Waals surface area contributed by atoms with Crippen molar-refractivity contribution in [3.63, 3.8) is 0 Å². The molecule has 4 heteroatoms. The third kappa shape index (κ3) is 2.08. The Balaban J connectivity index is 2.36. The van der Waals surface area contributed by atoms with E-state index in [0.29, 0.717) is 11.4 Å². The number of benzene rings is 1. The van der Waals surface area contributed by atoms with Crippen LogP contribution < -0.4 is 10.7 Å². The molecular weight excluding hydrogens is 314 g/mol. The summed E-state index contributed by atoms with van der Waals surface area (Å²) in [7, 11) is 0. The number of pyridine rings is 1. The van der Waals surface area contributed by atoms with Gasteiger partial charge in [-0.3, -0.25) is 5.73 Å². The van der Waals surface area contributed by atoms with Crippen molar-refractivity contribution < 1.29 is 4.98 Å². The molecule has 3 nitrogen and oxygen atoms in total. The van der Waals surface area contributed by atoms with Crippen LogP contribution in [-0.4, -0.2) is 0 Å². The van der Waals surface area contributed by atoms with Gasteiger partial charge in [-0.15, -0.1) is 0 Å². The van der Waals surface area contributed by atoms with E-state index in [-0.39, 0.29) is 0 Å². The summed E-state index contributed by atoms with van der Waals surface area (Å²) in [6.07, 6.45) is 4.33. The van der Waals surface area contributed by atoms with E-state index in [1.54, 1.807) is 0 Å². The van der Waals surface area contributed by atoms with Crippen molar-refractivity contribution in [2.45, 2.75) is 25.7 Å². The normalized spacial score (nSPS) is 13.6. The number of aromatic amines is 1. The third-order valence-corrected chi connectivity index (χ3v) is 4.52. The van der Waals surface area contributed by atoms with Crippen LogP contribution in [0.25, 0.3) is 11.1 Å². The quantitative estimate of drug-likeness (QED) is 0.873. The number of rotatable bonds is 1. The molecule has 0 saturated carbocycles. The highest BCUT2D eigenvalue weighted by Crippen LogP contribution is 2.37. The first-order valence-corrected chi connectivity index (χ1v) is 7.53. The van der Waals surface area contributed by atoms with E-state index in [1.165, 1.54) is 17.7 Å². The van der Waals surface area contributed by atoms with Crippen LogP contribution in [0.3, 0.4) is 0 Å². The fourth-order valence-electron chi connectivity index (χ4n) is 2.91. The predicted octanol–water partition coefficient (Wildman–Crippen LogP) is 3.26. The van der Waals surface area contributed by atoms with Crippen LogP contribution in [0.4, 0.5) is 5.82 Å². The molecule has 0 unspecified atom stereocenters. The van der Waals surface area contributed by atoms with Crippen LogP contribution >= 0.6 is 15.9 Å². The number of aryl methyl sites for hydroxylation is 1. The second-order valence-electron chi connectivity index (χ2n) is 5.04. The zero-order chi connectivity index (χ0) is 14.1. The molecule has 20 heavy (non-hydrogen) atoms. The zero-order valence-corrected chi connectivity index (χ0v) is 12.6. The van der Waals surface area contributed by atoms with Crippen molar-refractivity contribution in [1.82, 2.24) is 0 Å². The van der Waals surface area contributed by atoms with Crippen LogP contribution in [0.1, 0.15) is 29.7 Å². The second kappa shape index (κ2) is 5.26. The second-order valence-corrected chi connectivity index (χ2v) is 5.90. The maximum Gasteiger partial charge on any atom is 0.289 e. The van der Waals surface area contributed by atoms with Gasteiger partial charge >= 0.3 is 0 Å². The number of nitrogens with zero attached hydrogens (tertiary/aromatic N) is 1. The number of H-pyrrole nitrogens is 1. The van der Waals surface area contributed by atoms with E-state index in [4.69, 9.17) is 5.73 Å². The number of aromatic nitrogens is 1. The standard InChI is InChI=1S/C16H14BrN3/c17-13-7-3-1-5-10(13)15-11-6-2-4-8-14(11)20-16(19)12(15)9-18/h1,3,5,7H,2,4,6,8H2,(H2,19,20)/p+1. The van der Waals surface area contributed by atoms with Gasteiger partial charge < -0.3 is 0 Å². The van der Waals surface area contributed by atoms with Crippen LogP contribution in [0, 0.1) is 11.3 Å². The lowest BCUT2D eigenvalue weighted by atomic mass is 9.86. The maximum atomic E-state index is 9.49. The lowest BCUT2D eigenvalue weighted by Gasteiger charge is -2.19. The molecule has 0 fully saturated rings. The van der Waals surface area contributed by atoms with E-state index in [1.807, 2.05) is 24.3 Å². The van der Waals surface area contributed by atoms with Gasteiger partial charge in [0.1, 0.15) is 17.3 Å². The molecule has 0 atom stereocenters. The Morgan fingerprint density at radius 2 is 1.95 bits per heavy atom. The fraction of sp³-hybridized carbons (Fsp3) is 0.250. The molecule has 2 aromatic rings. The van der Waals surface area contributed by atoms with E-state index >= 15 is 0 Å². The molecule has 3 N–H and O–H groups in total. The fourth-order valence-corrected chi connectivity index (χ4v) is 3.39. The largest absolute Gasteiger partial charge is 0.289 e. The minimum atomic E-state index is 0.471. The molecule has 1 heterocycles. The van der Waals surface area contributed by atoms with Gasteiger partial charge in [0.2, 0.25) is 0 Å². The van der Waals surface area contributed by atoms with Crippen molar-refractivity contribution in [3.05, 3.63) is 45.6 Å². The Bertz CT molecular complexity index is 716. The van der Waals surface area contributed by atoms with Gasteiger partial charge in [0.05, 0.1) is 0 Å². The Kier molecular flexibility index (Phi) is 3.45. The molecule has 100 valence electrons. The van der Waals surface area contributed by atoms with Crippen LogP contribution in [0.5, 0.6) is 0 Å². The molecule has 1 aromatic heterocycles. The van der Waals surface area contributed by atoms with Crippen molar-refractivity contribution in [2.24, 2.45) is 0 Å². The van der Waals surface area contributed by atoms with Crippen LogP contribution in [0.15, 0.2) is 28.7 Å². The summed E-state index contributed by atoms with van der Waals surface area (Å²) in [5.41, 5.74) is 11.1. The molecule has 0 bridgehead atoms. The van der Waals surface area contributed by atoms with Gasteiger partial charge in [0, 0.05) is 22.0 Å². The molecule has 0 aliphatic heterocycles. The molecule has 0 amide bonds. The first kappa shape index (κ1) is 13.1. The van der Waals surface area contributed by atoms with Gasteiger partial charge in [-0.25, -0.2) is 4.98 Å². The number of hydrogen-bond donors (Lipinski definition) is 1. The third-order valence-electron chi connectivity index (χ3n) is 3.83. The van der Waals surface area contributed by atoms with Crippen LogP contribution in [0.2, 0.25) is 0 Å². The molecule has 1 aliphatic rings. The molecular formula is C16H15BrN3+.